The van der Waals surface area contributed by atoms with Crippen LogP contribution in [0.25, 0.3) is 0 Å². The summed E-state index contributed by atoms with van der Waals surface area (Å²) in [6.07, 6.45) is 3.34. The Hall–Kier alpha value is -2.23. The molecule has 3 nitrogen and oxygen atoms in total. The molecule has 1 aliphatic heterocycles. The minimum absolute atomic E-state index is 0.204. The molecule has 1 heterocycles. The van der Waals surface area contributed by atoms with Gasteiger partial charge in [0, 0.05) is 0 Å². The number of rotatable bonds is 2. The molecule has 0 saturated carbocycles. The Bertz CT molecular complexity index is 696. The van der Waals surface area contributed by atoms with E-state index in [2.05, 4.69) is 39.6 Å². The molecule has 2 aromatic carbocycles. The lowest BCUT2D eigenvalue weighted by Gasteiger charge is -2.26. The van der Waals surface area contributed by atoms with Gasteiger partial charge < -0.3 is 0 Å². The summed E-state index contributed by atoms with van der Waals surface area (Å²) in [5.74, 6) is -0.204. The quantitative estimate of drug-likeness (QED) is 0.804. The van der Waals surface area contributed by atoms with Crippen molar-refractivity contribution in [3.63, 3.8) is 0 Å². The fourth-order valence-corrected chi connectivity index (χ4v) is 3.49. The smallest absolute Gasteiger partial charge is 0.123 e. The number of hydrogen-bond acceptors (Lipinski definition) is 3. The van der Waals surface area contributed by atoms with Crippen molar-refractivity contribution in [3.05, 3.63) is 71.0 Å². The van der Waals surface area contributed by atoms with Crippen LogP contribution in [0.5, 0.6) is 0 Å². The van der Waals surface area contributed by atoms with E-state index in [0.29, 0.717) is 6.54 Å². The number of halogens is 1. The van der Waals surface area contributed by atoms with Gasteiger partial charge in [-0.15, -0.1) is 0 Å². The van der Waals surface area contributed by atoms with Crippen molar-refractivity contribution in [2.75, 3.05) is 0 Å². The van der Waals surface area contributed by atoms with E-state index in [-0.39, 0.29) is 17.9 Å². The molecule has 4 rings (SSSR count). The maximum Gasteiger partial charge on any atom is 0.123 e. The van der Waals surface area contributed by atoms with Gasteiger partial charge >= 0.3 is 0 Å². The third-order valence-corrected chi connectivity index (χ3v) is 4.58. The third kappa shape index (κ3) is 2.39. The third-order valence-electron chi connectivity index (χ3n) is 4.58. The van der Waals surface area contributed by atoms with Crippen LogP contribution < -0.4 is 0 Å². The van der Waals surface area contributed by atoms with Gasteiger partial charge in [-0.2, -0.15) is 5.11 Å². The second kappa shape index (κ2) is 5.52. The van der Waals surface area contributed by atoms with E-state index in [1.54, 1.807) is 0 Å². The second-order valence-corrected chi connectivity index (χ2v) is 6.03. The molecular formula is C18H18FN3. The van der Waals surface area contributed by atoms with Gasteiger partial charge in [-0.05, 0) is 48.1 Å². The van der Waals surface area contributed by atoms with Gasteiger partial charge in [0.2, 0.25) is 0 Å². The highest BCUT2D eigenvalue weighted by atomic mass is 19.1. The minimum Gasteiger partial charge on any atom is -0.265 e. The van der Waals surface area contributed by atoms with Crippen molar-refractivity contribution in [3.8, 4) is 0 Å². The highest BCUT2D eigenvalue weighted by Gasteiger charge is 2.36. The summed E-state index contributed by atoms with van der Waals surface area (Å²) in [6, 6.07) is 15.7. The van der Waals surface area contributed by atoms with Crippen LogP contribution in [-0.2, 0) is 13.0 Å². The molecule has 0 unspecified atom stereocenters. The predicted molar refractivity (Wildman–Crippen MR) is 82.7 cm³/mol. The molecule has 2 aromatic rings. The lowest BCUT2D eigenvalue weighted by molar-refractivity contribution is 0.211. The zero-order valence-corrected chi connectivity index (χ0v) is 12.3. The van der Waals surface area contributed by atoms with Gasteiger partial charge in [0.05, 0.1) is 18.6 Å². The molecule has 0 bridgehead atoms. The van der Waals surface area contributed by atoms with Gasteiger partial charge in [0.25, 0.3) is 0 Å². The molecule has 0 spiro atoms. The number of fused-ring (bicyclic) bond motifs is 3. The van der Waals surface area contributed by atoms with E-state index >= 15 is 0 Å². The molecule has 0 saturated heterocycles. The van der Waals surface area contributed by atoms with E-state index in [4.69, 9.17) is 0 Å². The zero-order chi connectivity index (χ0) is 14.9. The maximum atomic E-state index is 13.1. The molecule has 2 aliphatic rings. The average molecular weight is 295 g/mol. The first-order valence-corrected chi connectivity index (χ1v) is 7.81. The van der Waals surface area contributed by atoms with Gasteiger partial charge in [-0.25, -0.2) is 4.39 Å². The number of benzene rings is 2. The molecular weight excluding hydrogens is 277 g/mol. The first-order chi connectivity index (χ1) is 10.8. The number of aryl methyl sites for hydroxylation is 1. The van der Waals surface area contributed by atoms with Crippen LogP contribution in [-0.4, -0.2) is 11.1 Å². The highest BCUT2D eigenvalue weighted by Crippen LogP contribution is 2.40. The Kier molecular flexibility index (Phi) is 3.37. The second-order valence-electron chi connectivity index (χ2n) is 6.03. The Morgan fingerprint density at radius 1 is 1.09 bits per heavy atom. The first kappa shape index (κ1) is 13.4. The van der Waals surface area contributed by atoms with Crippen LogP contribution in [0.1, 0.15) is 35.6 Å². The molecule has 112 valence electrons. The van der Waals surface area contributed by atoms with Crippen molar-refractivity contribution >= 4 is 0 Å². The van der Waals surface area contributed by atoms with E-state index in [1.165, 1.54) is 23.3 Å². The Morgan fingerprint density at radius 2 is 1.91 bits per heavy atom. The molecule has 0 N–H and O–H groups in total. The van der Waals surface area contributed by atoms with Crippen LogP contribution in [0, 0.1) is 5.82 Å². The summed E-state index contributed by atoms with van der Waals surface area (Å²) in [7, 11) is 0. The van der Waals surface area contributed by atoms with Crippen molar-refractivity contribution in [1.29, 1.82) is 0 Å². The SMILES string of the molecule is Fc1ccc(CN2N=N[C@@H]3CCCc4ccccc4[C@H]32)cc1. The zero-order valence-electron chi connectivity index (χ0n) is 12.3. The standard InChI is InChI=1S/C18H18FN3/c19-15-10-8-13(9-11-15)12-22-18-16-6-2-1-4-14(16)5-3-7-17(18)20-21-22/h1-2,4,6,8-11,17-18H,3,5,7,12H2/t17-,18-/m1/s1. The molecule has 4 heteroatoms. The van der Waals surface area contributed by atoms with E-state index < -0.39 is 0 Å². The highest BCUT2D eigenvalue weighted by molar-refractivity contribution is 5.33. The summed E-state index contributed by atoms with van der Waals surface area (Å²) in [4.78, 5) is 0. The van der Waals surface area contributed by atoms with Crippen molar-refractivity contribution in [2.45, 2.75) is 37.9 Å². The molecule has 0 aromatic heterocycles. The summed E-state index contributed by atoms with van der Waals surface area (Å²) in [5, 5.41) is 10.9. The van der Waals surface area contributed by atoms with Crippen molar-refractivity contribution in [2.24, 2.45) is 10.3 Å². The Labute approximate surface area is 129 Å². The molecule has 1 aliphatic carbocycles. The van der Waals surface area contributed by atoms with Crippen LogP contribution >= 0.6 is 0 Å². The normalized spacial score (nSPS) is 23.0. The van der Waals surface area contributed by atoms with Gasteiger partial charge in [0.1, 0.15) is 5.82 Å². The predicted octanol–water partition coefficient (Wildman–Crippen LogP) is 4.45. The topological polar surface area (TPSA) is 28.0 Å². The summed E-state index contributed by atoms with van der Waals surface area (Å²) < 4.78 is 13.1. The number of nitrogens with zero attached hydrogens (tertiary/aromatic N) is 3. The van der Waals surface area contributed by atoms with Crippen LogP contribution in [0.3, 0.4) is 0 Å². The van der Waals surface area contributed by atoms with E-state index in [1.807, 2.05) is 12.1 Å². The van der Waals surface area contributed by atoms with Crippen LogP contribution in [0.4, 0.5) is 4.39 Å². The summed E-state index contributed by atoms with van der Waals surface area (Å²) in [6.45, 7) is 0.666. The van der Waals surface area contributed by atoms with E-state index in [0.717, 1.165) is 24.8 Å². The first-order valence-electron chi connectivity index (χ1n) is 7.81. The van der Waals surface area contributed by atoms with Crippen LogP contribution in [0.15, 0.2) is 58.9 Å². The average Bonchev–Trinajstić information content (AvgIpc) is 2.83. The van der Waals surface area contributed by atoms with Crippen molar-refractivity contribution in [1.82, 2.24) is 5.01 Å². The van der Waals surface area contributed by atoms with Gasteiger partial charge in [-0.3, -0.25) is 5.01 Å². The maximum absolute atomic E-state index is 13.1. The van der Waals surface area contributed by atoms with Crippen LogP contribution in [0.2, 0.25) is 0 Å². The molecule has 22 heavy (non-hydrogen) atoms. The lowest BCUT2D eigenvalue weighted by atomic mass is 9.96. The summed E-state index contributed by atoms with van der Waals surface area (Å²) >= 11 is 0. The molecule has 0 amide bonds. The summed E-state index contributed by atoms with van der Waals surface area (Å²) in [5.41, 5.74) is 3.81. The Morgan fingerprint density at radius 3 is 2.77 bits per heavy atom. The monoisotopic (exact) mass is 295 g/mol. The number of hydrogen-bond donors (Lipinski definition) is 0. The van der Waals surface area contributed by atoms with Gasteiger partial charge in [0.15, 0.2) is 0 Å². The minimum atomic E-state index is -0.204. The molecule has 0 fully saturated rings. The fraction of sp³-hybridized carbons (Fsp3) is 0.333. The van der Waals surface area contributed by atoms with E-state index in [9.17, 15) is 4.39 Å². The lowest BCUT2D eigenvalue weighted by Crippen LogP contribution is -2.26. The molecule has 0 radical (unpaired) electrons. The van der Waals surface area contributed by atoms with Crippen molar-refractivity contribution < 1.29 is 4.39 Å². The Balaban J connectivity index is 1.64. The largest absolute Gasteiger partial charge is 0.265 e. The molecule has 2 atom stereocenters. The van der Waals surface area contributed by atoms with Gasteiger partial charge in [-0.1, -0.05) is 41.6 Å². The fourth-order valence-electron chi connectivity index (χ4n) is 3.49.